The molecule has 0 aromatic heterocycles. The van der Waals surface area contributed by atoms with Gasteiger partial charge in [0.05, 0.1) is 20.3 Å². The van der Waals surface area contributed by atoms with Gasteiger partial charge in [-0.1, -0.05) is 26.8 Å². The SMILES string of the molecule is COc1ccc(CCNC(=O)[C@@H](N)C(C)(C)C)cc1OC. The summed E-state index contributed by atoms with van der Waals surface area (Å²) < 4.78 is 10.4. The van der Waals surface area contributed by atoms with Crippen molar-refractivity contribution in [2.45, 2.75) is 33.2 Å². The molecule has 1 aromatic carbocycles. The third-order valence-corrected chi connectivity index (χ3v) is 3.38. The Labute approximate surface area is 126 Å². The molecule has 0 heterocycles. The van der Waals surface area contributed by atoms with Crippen LogP contribution in [-0.4, -0.2) is 32.7 Å². The number of benzene rings is 1. The smallest absolute Gasteiger partial charge is 0.237 e. The summed E-state index contributed by atoms with van der Waals surface area (Å²) in [7, 11) is 3.21. The van der Waals surface area contributed by atoms with Crippen LogP contribution in [0.3, 0.4) is 0 Å². The molecule has 0 saturated heterocycles. The van der Waals surface area contributed by atoms with Crippen molar-refractivity contribution in [1.29, 1.82) is 0 Å². The van der Waals surface area contributed by atoms with Crippen LogP contribution in [0.4, 0.5) is 0 Å². The zero-order valence-electron chi connectivity index (χ0n) is 13.5. The summed E-state index contributed by atoms with van der Waals surface area (Å²) >= 11 is 0. The van der Waals surface area contributed by atoms with Crippen molar-refractivity contribution in [1.82, 2.24) is 5.32 Å². The van der Waals surface area contributed by atoms with E-state index in [2.05, 4.69) is 5.32 Å². The van der Waals surface area contributed by atoms with Crippen LogP contribution in [0.1, 0.15) is 26.3 Å². The predicted molar refractivity (Wildman–Crippen MR) is 83.7 cm³/mol. The maximum absolute atomic E-state index is 11.9. The molecule has 0 bridgehead atoms. The van der Waals surface area contributed by atoms with Gasteiger partial charge in [0, 0.05) is 6.54 Å². The van der Waals surface area contributed by atoms with Gasteiger partial charge in [-0.3, -0.25) is 4.79 Å². The highest BCUT2D eigenvalue weighted by atomic mass is 16.5. The molecular weight excluding hydrogens is 268 g/mol. The maximum atomic E-state index is 11.9. The highest BCUT2D eigenvalue weighted by molar-refractivity contribution is 5.82. The highest BCUT2D eigenvalue weighted by Crippen LogP contribution is 2.27. The number of hydrogen-bond donors (Lipinski definition) is 2. The van der Waals surface area contributed by atoms with E-state index in [-0.39, 0.29) is 11.3 Å². The minimum atomic E-state index is -0.511. The van der Waals surface area contributed by atoms with Crippen LogP contribution >= 0.6 is 0 Å². The lowest BCUT2D eigenvalue weighted by Crippen LogP contribution is -2.48. The Morgan fingerprint density at radius 3 is 2.38 bits per heavy atom. The molecule has 1 aromatic rings. The van der Waals surface area contributed by atoms with Gasteiger partial charge in [-0.25, -0.2) is 0 Å². The normalized spacial score (nSPS) is 12.7. The number of nitrogens with one attached hydrogen (secondary N) is 1. The standard InChI is InChI=1S/C16H26N2O3/c1-16(2,3)14(17)15(19)18-9-8-11-6-7-12(20-4)13(10-11)21-5/h6-7,10,14H,8-9,17H2,1-5H3,(H,18,19)/t14-/m1/s1. The molecule has 1 rings (SSSR count). The summed E-state index contributed by atoms with van der Waals surface area (Å²) in [6, 6.07) is 5.21. The van der Waals surface area contributed by atoms with E-state index in [4.69, 9.17) is 15.2 Å². The molecule has 3 N–H and O–H groups in total. The lowest BCUT2D eigenvalue weighted by Gasteiger charge is -2.25. The van der Waals surface area contributed by atoms with Gasteiger partial charge in [0.1, 0.15) is 0 Å². The average Bonchev–Trinajstić information content (AvgIpc) is 2.45. The van der Waals surface area contributed by atoms with E-state index in [1.165, 1.54) is 0 Å². The van der Waals surface area contributed by atoms with Gasteiger partial charge in [0.15, 0.2) is 11.5 Å². The quantitative estimate of drug-likeness (QED) is 0.838. The Bertz CT molecular complexity index is 481. The van der Waals surface area contributed by atoms with Gasteiger partial charge in [0.25, 0.3) is 0 Å². The number of carbonyl (C=O) groups excluding carboxylic acids is 1. The fraction of sp³-hybridized carbons (Fsp3) is 0.562. The second kappa shape index (κ2) is 7.31. The zero-order valence-corrected chi connectivity index (χ0v) is 13.5. The molecule has 5 heteroatoms. The van der Waals surface area contributed by atoms with E-state index in [9.17, 15) is 4.79 Å². The Hall–Kier alpha value is -1.75. The minimum absolute atomic E-state index is 0.122. The summed E-state index contributed by atoms with van der Waals surface area (Å²) in [5.41, 5.74) is 6.73. The zero-order chi connectivity index (χ0) is 16.0. The molecule has 21 heavy (non-hydrogen) atoms. The predicted octanol–water partition coefficient (Wildman–Crippen LogP) is 1.74. The second-order valence-electron chi connectivity index (χ2n) is 6.07. The van der Waals surface area contributed by atoms with Crippen LogP contribution in [0.25, 0.3) is 0 Å². The van der Waals surface area contributed by atoms with Gasteiger partial charge in [-0.05, 0) is 29.5 Å². The summed E-state index contributed by atoms with van der Waals surface area (Å²) in [4.78, 5) is 11.9. The van der Waals surface area contributed by atoms with Crippen LogP contribution in [0.15, 0.2) is 18.2 Å². The molecule has 0 aliphatic heterocycles. The van der Waals surface area contributed by atoms with E-state index in [1.807, 2.05) is 39.0 Å². The molecule has 0 unspecified atom stereocenters. The number of nitrogens with two attached hydrogens (primary N) is 1. The van der Waals surface area contributed by atoms with Gasteiger partial charge >= 0.3 is 0 Å². The van der Waals surface area contributed by atoms with Crippen molar-refractivity contribution in [2.24, 2.45) is 11.1 Å². The summed E-state index contributed by atoms with van der Waals surface area (Å²) in [5, 5.41) is 2.87. The van der Waals surface area contributed by atoms with Crippen LogP contribution in [0, 0.1) is 5.41 Å². The molecule has 0 saturated carbocycles. The van der Waals surface area contributed by atoms with Gasteiger partial charge in [-0.15, -0.1) is 0 Å². The Morgan fingerprint density at radius 1 is 1.24 bits per heavy atom. The first-order chi connectivity index (χ1) is 9.79. The molecule has 118 valence electrons. The second-order valence-corrected chi connectivity index (χ2v) is 6.07. The van der Waals surface area contributed by atoms with Crippen molar-refractivity contribution in [3.05, 3.63) is 23.8 Å². The van der Waals surface area contributed by atoms with Crippen molar-refractivity contribution in [3.63, 3.8) is 0 Å². The van der Waals surface area contributed by atoms with Crippen molar-refractivity contribution in [2.75, 3.05) is 20.8 Å². The maximum Gasteiger partial charge on any atom is 0.237 e. The van der Waals surface area contributed by atoms with Gasteiger partial charge in [0.2, 0.25) is 5.91 Å². The van der Waals surface area contributed by atoms with Crippen molar-refractivity contribution >= 4 is 5.91 Å². The number of ether oxygens (including phenoxy) is 2. The van der Waals surface area contributed by atoms with Crippen LogP contribution < -0.4 is 20.5 Å². The number of carbonyl (C=O) groups is 1. The van der Waals surface area contributed by atoms with E-state index in [0.29, 0.717) is 24.5 Å². The lowest BCUT2D eigenvalue weighted by molar-refractivity contribution is -0.124. The van der Waals surface area contributed by atoms with E-state index in [0.717, 1.165) is 5.56 Å². The number of rotatable bonds is 6. The first-order valence-corrected chi connectivity index (χ1v) is 7.03. The van der Waals surface area contributed by atoms with Gasteiger partial charge < -0.3 is 20.5 Å². The molecule has 0 spiro atoms. The molecule has 0 aliphatic rings. The fourth-order valence-corrected chi connectivity index (χ4v) is 1.87. The van der Waals surface area contributed by atoms with Crippen molar-refractivity contribution < 1.29 is 14.3 Å². The number of hydrogen-bond acceptors (Lipinski definition) is 4. The van der Waals surface area contributed by atoms with Gasteiger partial charge in [-0.2, -0.15) is 0 Å². The summed E-state index contributed by atoms with van der Waals surface area (Å²) in [6.45, 7) is 6.39. The topological polar surface area (TPSA) is 73.6 Å². The minimum Gasteiger partial charge on any atom is -0.493 e. The van der Waals surface area contributed by atoms with E-state index < -0.39 is 6.04 Å². The van der Waals surface area contributed by atoms with Crippen LogP contribution in [0.5, 0.6) is 11.5 Å². The monoisotopic (exact) mass is 294 g/mol. The molecule has 0 radical (unpaired) electrons. The van der Waals surface area contributed by atoms with Crippen molar-refractivity contribution in [3.8, 4) is 11.5 Å². The summed E-state index contributed by atoms with van der Waals surface area (Å²) in [6.07, 6.45) is 0.711. The molecular formula is C16H26N2O3. The molecule has 5 nitrogen and oxygen atoms in total. The lowest BCUT2D eigenvalue weighted by atomic mass is 9.87. The van der Waals surface area contributed by atoms with E-state index in [1.54, 1.807) is 14.2 Å². The Kier molecular flexibility index (Phi) is 6.03. The first-order valence-electron chi connectivity index (χ1n) is 7.03. The molecule has 0 fully saturated rings. The molecule has 0 aliphatic carbocycles. The first kappa shape index (κ1) is 17.3. The molecule has 1 atom stereocenters. The number of methoxy groups -OCH3 is 2. The Morgan fingerprint density at radius 2 is 1.86 bits per heavy atom. The average molecular weight is 294 g/mol. The fourth-order valence-electron chi connectivity index (χ4n) is 1.87. The van der Waals surface area contributed by atoms with E-state index >= 15 is 0 Å². The molecule has 1 amide bonds. The largest absolute Gasteiger partial charge is 0.493 e. The van der Waals surface area contributed by atoms with Crippen LogP contribution in [-0.2, 0) is 11.2 Å². The van der Waals surface area contributed by atoms with Crippen LogP contribution in [0.2, 0.25) is 0 Å². The number of amides is 1. The Balaban J connectivity index is 2.55. The third-order valence-electron chi connectivity index (χ3n) is 3.38. The highest BCUT2D eigenvalue weighted by Gasteiger charge is 2.26. The third kappa shape index (κ3) is 4.93. The summed E-state index contributed by atoms with van der Waals surface area (Å²) in [5.74, 6) is 1.26.